The molecule has 24 N–H and O–H groups in total. The number of allylic oxidation sites excluding steroid dienone is 8. The molecule has 0 saturated carbocycles. The average molecular weight is 1740 g/mol. The third-order valence-electron chi connectivity index (χ3n) is 20.9. The smallest absolute Gasteiger partial charge is 0.394 e. The molecule has 0 bridgehead atoms. The van der Waals surface area contributed by atoms with Crippen molar-refractivity contribution in [2.24, 2.45) is 5.92 Å². The minimum Gasteiger partial charge on any atom is -0.394 e. The number of phosphoric ester groups is 2. The molecule has 7 saturated heterocycles. The normalized spacial score (nSPS) is 41.4. The van der Waals surface area contributed by atoms with E-state index < -0.39 is 295 Å². The quantitative estimate of drug-likeness (QED) is 0.0200. The van der Waals surface area contributed by atoms with Gasteiger partial charge in [0.25, 0.3) is 0 Å². The van der Waals surface area contributed by atoms with Gasteiger partial charge in [-0.15, -0.1) is 0 Å². The molecule has 7 heterocycles. The lowest BCUT2D eigenvalue weighted by Gasteiger charge is -2.51. The van der Waals surface area contributed by atoms with Crippen LogP contribution in [-0.2, 0) is 93.7 Å². The molecule has 0 aromatic rings. The monoisotopic (exact) mass is 1740 g/mol. The molecular formula is C71H122N2O42P2. The van der Waals surface area contributed by atoms with E-state index in [4.69, 9.17) is 70.6 Å². The Bertz CT molecular complexity index is 3270. The fraction of sp³-hybridized carbons (Fsp3) is 0.859. The van der Waals surface area contributed by atoms with Crippen LogP contribution in [0.5, 0.6) is 0 Å². The van der Waals surface area contributed by atoms with Gasteiger partial charge >= 0.3 is 15.6 Å². The van der Waals surface area contributed by atoms with Gasteiger partial charge in [0.2, 0.25) is 11.8 Å². The summed E-state index contributed by atoms with van der Waals surface area (Å²) in [4.78, 5) is 47.4. The Balaban J connectivity index is 1.06. The van der Waals surface area contributed by atoms with Crippen molar-refractivity contribution in [2.45, 2.75) is 328 Å². The number of carbonyl (C=O) groups excluding carboxylic acids is 2. The van der Waals surface area contributed by atoms with Crippen LogP contribution >= 0.6 is 15.6 Å². The lowest BCUT2D eigenvalue weighted by Crippen LogP contribution is -2.70. The Morgan fingerprint density at radius 2 is 0.726 bits per heavy atom. The molecule has 44 nitrogen and oxygen atoms in total. The van der Waals surface area contributed by atoms with E-state index in [2.05, 4.69) is 66.9 Å². The average Bonchev–Trinajstić information content (AvgIpc) is 0.735. The van der Waals surface area contributed by atoms with E-state index in [9.17, 15) is 131 Å². The highest BCUT2D eigenvalue weighted by Gasteiger charge is 2.60. The van der Waals surface area contributed by atoms with Crippen LogP contribution in [0.25, 0.3) is 0 Å². The van der Waals surface area contributed by atoms with Gasteiger partial charge in [0.15, 0.2) is 44.0 Å². The molecule has 0 aromatic heterocycles. The van der Waals surface area contributed by atoms with Gasteiger partial charge in [-0.05, 0) is 98.3 Å². The third-order valence-corrected chi connectivity index (χ3v) is 23.6. The number of hydrogen-bond donors (Lipinski definition) is 24. The first kappa shape index (κ1) is 101. The Morgan fingerprint density at radius 3 is 1.19 bits per heavy atom. The van der Waals surface area contributed by atoms with Gasteiger partial charge in [-0.1, -0.05) is 53.5 Å². The highest BCUT2D eigenvalue weighted by Crippen LogP contribution is 2.61. The molecule has 117 heavy (non-hydrogen) atoms. The topological polar surface area (TPSA) is 685 Å². The number of nitrogens with one attached hydrogen (secondary N) is 2. The third kappa shape index (κ3) is 27.7. The number of ether oxygens (including phenoxy) is 13. The van der Waals surface area contributed by atoms with E-state index in [0.29, 0.717) is 12.8 Å². The number of phosphoric acid groups is 2. The van der Waals surface area contributed by atoms with Crippen LogP contribution in [-0.4, -0.2) is 391 Å². The molecule has 38 unspecified atom stereocenters. The highest BCUT2D eigenvalue weighted by molar-refractivity contribution is 7.61. The molecule has 7 fully saturated rings. The summed E-state index contributed by atoms with van der Waals surface area (Å²) in [5, 5.41) is 225. The van der Waals surface area contributed by atoms with E-state index in [1.807, 2.05) is 13.8 Å². The molecule has 0 spiro atoms. The van der Waals surface area contributed by atoms with Crippen LogP contribution in [0.15, 0.2) is 46.6 Å². The maximum absolute atomic E-state index is 13.6. The van der Waals surface area contributed by atoms with Crippen molar-refractivity contribution in [1.29, 1.82) is 0 Å². The van der Waals surface area contributed by atoms with Crippen LogP contribution in [0.3, 0.4) is 0 Å². The molecule has 0 aliphatic carbocycles. The second-order valence-corrected chi connectivity index (χ2v) is 33.5. The molecular weight excluding hydrogens is 1610 g/mol. The summed E-state index contributed by atoms with van der Waals surface area (Å²) in [6, 6.07) is -4.04. The largest absolute Gasteiger partial charge is 0.483 e. The second-order valence-electron chi connectivity index (χ2n) is 30.5. The summed E-state index contributed by atoms with van der Waals surface area (Å²) in [6.07, 6.45) is -54.0. The Kier molecular flexibility index (Phi) is 40.3. The van der Waals surface area contributed by atoms with Crippen LogP contribution in [0.1, 0.15) is 113 Å². The van der Waals surface area contributed by atoms with Gasteiger partial charge < -0.3 is 184 Å². The fourth-order valence-electron chi connectivity index (χ4n) is 14.2. The zero-order valence-corrected chi connectivity index (χ0v) is 67.8. The van der Waals surface area contributed by atoms with Crippen molar-refractivity contribution in [1.82, 2.24) is 10.6 Å². The summed E-state index contributed by atoms with van der Waals surface area (Å²) in [6.45, 7) is 6.08. The van der Waals surface area contributed by atoms with Gasteiger partial charge in [-0.2, -0.15) is 4.31 Å². The Morgan fingerprint density at radius 1 is 0.368 bits per heavy atom. The van der Waals surface area contributed by atoms with E-state index in [0.717, 1.165) is 52.4 Å². The summed E-state index contributed by atoms with van der Waals surface area (Å²) in [5.74, 6) is -2.03. The van der Waals surface area contributed by atoms with Crippen LogP contribution in [0.4, 0.5) is 0 Å². The number of hydrogen-bond acceptors (Lipinski definition) is 40. The number of rotatable bonds is 41. The minimum atomic E-state index is -5.87. The Hall–Kier alpha value is -3.16. The van der Waals surface area contributed by atoms with Crippen molar-refractivity contribution in [2.75, 3.05) is 52.9 Å². The van der Waals surface area contributed by atoms with Gasteiger partial charge in [0.1, 0.15) is 171 Å². The maximum atomic E-state index is 13.6. The first-order valence-corrected chi connectivity index (χ1v) is 41.6. The zero-order valence-electron chi connectivity index (χ0n) is 66.0. The minimum absolute atomic E-state index is 0.0751. The SMILES string of the molecule is CC(=O)NC1C(OC2C(CO)OC(OP(=O)(O)OP(=O)(O)OCCC(C)CCC=C(C)CCC=C(C)CCC=C(C)CCC=C(C)C)C(NC(C)=O)C2O)OC(CO)C(OC2OC(COC3OC(CO)C(O)C(O)C3O)C(O)C(OC3OC(CO)C(O)C(O)C3OC3OC(CO)C(O)C(O)C3OC3OC(CO)C(O)C(O)C3O)C2O)C1O. The maximum Gasteiger partial charge on any atom is 0.483 e. The van der Waals surface area contributed by atoms with Gasteiger partial charge in [-0.25, -0.2) is 9.13 Å². The molecule has 7 rings (SSSR count). The first-order chi connectivity index (χ1) is 55.1. The van der Waals surface area contributed by atoms with E-state index in [-0.39, 0.29) is 12.3 Å². The van der Waals surface area contributed by atoms with Gasteiger partial charge in [0, 0.05) is 13.8 Å². The van der Waals surface area contributed by atoms with Crippen molar-refractivity contribution < 1.29 is 206 Å². The highest BCUT2D eigenvalue weighted by atomic mass is 31.3. The predicted octanol–water partition coefficient (Wildman–Crippen LogP) is -6.78. The van der Waals surface area contributed by atoms with Crippen molar-refractivity contribution in [3.8, 4) is 0 Å². The number of aliphatic hydroxyl groups is 20. The summed E-state index contributed by atoms with van der Waals surface area (Å²) in [7, 11) is -11.3. The number of carbonyl (C=O) groups is 2. The fourth-order valence-corrected chi connectivity index (χ4v) is 16.3. The predicted molar refractivity (Wildman–Crippen MR) is 392 cm³/mol. The lowest BCUT2D eigenvalue weighted by molar-refractivity contribution is -0.407. The molecule has 38 atom stereocenters. The molecule has 7 aliphatic heterocycles. The second kappa shape index (κ2) is 46.7. The standard InChI is InChI=1S/C71H122N2O42P2/c1-30(2)13-9-14-31(3)15-10-16-32(4)17-11-18-33(5)19-12-20-34(6)21-22-101-116(96,97)115-117(98,99)114-66-45(73-36(8)81)52(88)60(42(28-79)107-66)109-65-44(72-35(7)80)51(87)61(41(27-78)106-65)110-69-59(95)62(50(86)43(108-69)29-100-67-57(93)53(89)46(82)37(23-74)102-67)111-70-64(56(92)49(85)39(25-76)104-70)113-71-63(55(91)48(84)40(26-77)105-71)112-68-58(94)54(90)47(83)38(24-75)103-68/h13,15,17,19,34,37-71,74-79,82-95H,9-12,14,16,18,20-29H2,1-8H3,(H,72,80)(H,73,81)(H,96,97)(H,98,99). The van der Waals surface area contributed by atoms with Crippen LogP contribution in [0.2, 0.25) is 0 Å². The number of aliphatic hydroxyl groups excluding tert-OH is 20. The van der Waals surface area contributed by atoms with Gasteiger partial charge in [-0.3, -0.25) is 18.6 Å². The summed E-state index contributed by atoms with van der Waals surface area (Å²) >= 11 is 0. The molecule has 46 heteroatoms. The summed E-state index contributed by atoms with van der Waals surface area (Å²) < 4.78 is 118. The van der Waals surface area contributed by atoms with E-state index in [1.165, 1.54) is 22.3 Å². The van der Waals surface area contributed by atoms with E-state index >= 15 is 0 Å². The van der Waals surface area contributed by atoms with E-state index in [1.54, 1.807) is 0 Å². The molecule has 0 radical (unpaired) electrons. The lowest BCUT2D eigenvalue weighted by atomic mass is 9.94. The molecule has 2 amide bonds. The number of amides is 2. The van der Waals surface area contributed by atoms with Gasteiger partial charge in [0.05, 0.1) is 52.9 Å². The van der Waals surface area contributed by atoms with Crippen molar-refractivity contribution in [3.63, 3.8) is 0 Å². The summed E-state index contributed by atoms with van der Waals surface area (Å²) in [5.41, 5.74) is 5.17. The first-order valence-electron chi connectivity index (χ1n) is 38.6. The zero-order chi connectivity index (χ0) is 86.8. The molecule has 678 valence electrons. The van der Waals surface area contributed by atoms with Crippen LogP contribution in [0, 0.1) is 5.92 Å². The van der Waals surface area contributed by atoms with Crippen molar-refractivity contribution in [3.05, 3.63) is 46.6 Å². The molecule has 7 aliphatic rings. The van der Waals surface area contributed by atoms with Crippen molar-refractivity contribution >= 4 is 27.5 Å². The molecule has 0 aromatic carbocycles. The van der Waals surface area contributed by atoms with Crippen LogP contribution < -0.4 is 10.6 Å². The Labute approximate surface area is 674 Å².